The van der Waals surface area contributed by atoms with E-state index in [-0.39, 0.29) is 6.42 Å². The number of carbonyl (C=O) groups is 1. The van der Waals surface area contributed by atoms with E-state index in [1.807, 2.05) is 18.2 Å². The molecule has 0 fully saturated rings. The van der Waals surface area contributed by atoms with Gasteiger partial charge >= 0.3 is 0 Å². The molecule has 1 aromatic rings. The number of nitrogens with zero attached hydrogens (tertiary/aromatic N) is 1. The first-order valence-corrected chi connectivity index (χ1v) is 4.48. The van der Waals surface area contributed by atoms with Gasteiger partial charge in [-0.2, -0.15) is 0 Å². The van der Waals surface area contributed by atoms with Gasteiger partial charge in [-0.25, -0.2) is 0 Å². The van der Waals surface area contributed by atoms with E-state index in [1.54, 1.807) is 12.4 Å². The predicted octanol–water partition coefficient (Wildman–Crippen LogP) is -0.629. The predicted molar refractivity (Wildman–Crippen MR) is 54.0 cm³/mol. The zero-order chi connectivity index (χ0) is 11.5. The van der Waals surface area contributed by atoms with Gasteiger partial charge in [-0.1, -0.05) is 6.07 Å². The average molecular weight is 213 g/mol. The van der Waals surface area contributed by atoms with Crippen LogP contribution in [0.15, 0.2) is 30.6 Å². The molecule has 3 N–H and O–H groups in total. The highest BCUT2D eigenvalue weighted by atomic mass is 16.4. The maximum absolute atomic E-state index is 9.68. The first-order chi connectivity index (χ1) is 7.22. The molecule has 0 saturated carbocycles. The van der Waals surface area contributed by atoms with Crippen LogP contribution in [0.3, 0.4) is 0 Å². The molecule has 0 saturated heterocycles. The number of aromatic nitrogens is 1. The van der Waals surface area contributed by atoms with Crippen molar-refractivity contribution in [2.75, 3.05) is 6.61 Å². The lowest BCUT2D eigenvalue weighted by atomic mass is 10.2. The number of pyridine rings is 1. The molecule has 0 aliphatic rings. The van der Waals surface area contributed by atoms with Gasteiger partial charge in [-0.05, 0) is 12.1 Å². The van der Waals surface area contributed by atoms with Gasteiger partial charge < -0.3 is 20.1 Å². The van der Waals surface area contributed by atoms with Crippen LogP contribution >= 0.6 is 0 Å². The van der Waals surface area contributed by atoms with Crippen LogP contribution in [-0.2, 0) is 4.79 Å². The summed E-state index contributed by atoms with van der Waals surface area (Å²) in [7, 11) is 0. The third kappa shape index (κ3) is 7.75. The van der Waals surface area contributed by atoms with Crippen LogP contribution in [-0.4, -0.2) is 45.4 Å². The molecule has 0 aromatic carbocycles. The smallest absolute Gasteiger partial charge is 0.122 e. The normalized spacial score (nSPS) is 13.3. The van der Waals surface area contributed by atoms with Gasteiger partial charge in [0.1, 0.15) is 12.4 Å². The Labute approximate surface area is 88.0 Å². The quantitative estimate of drug-likeness (QED) is 0.579. The fourth-order valence-electron chi connectivity index (χ4n) is 0.690. The summed E-state index contributed by atoms with van der Waals surface area (Å²) in [5, 5.41) is 25.5. The average Bonchev–Trinajstić information content (AvgIpc) is 2.31. The van der Waals surface area contributed by atoms with Crippen LogP contribution in [0.2, 0.25) is 0 Å². The molecule has 0 bridgehead atoms. The molecule has 0 amide bonds. The van der Waals surface area contributed by atoms with Gasteiger partial charge in [-0.15, -0.1) is 0 Å². The third-order valence-electron chi connectivity index (χ3n) is 1.54. The Morgan fingerprint density at radius 1 is 1.13 bits per heavy atom. The van der Waals surface area contributed by atoms with Gasteiger partial charge in [0.15, 0.2) is 0 Å². The molecule has 15 heavy (non-hydrogen) atoms. The van der Waals surface area contributed by atoms with Gasteiger partial charge in [0.25, 0.3) is 0 Å². The molecular formula is C10H15NO4. The lowest BCUT2D eigenvalue weighted by molar-refractivity contribution is -0.111. The Hall–Kier alpha value is -1.30. The van der Waals surface area contributed by atoms with Crippen LogP contribution in [0.1, 0.15) is 6.42 Å². The minimum atomic E-state index is -1.20. The number of aliphatic hydroxyl groups excluding tert-OH is 3. The van der Waals surface area contributed by atoms with Crippen LogP contribution in [0, 0.1) is 0 Å². The molecule has 5 heteroatoms. The van der Waals surface area contributed by atoms with Crippen molar-refractivity contribution in [3.05, 3.63) is 30.6 Å². The summed E-state index contributed by atoms with van der Waals surface area (Å²) in [5.74, 6) is 0. The lowest BCUT2D eigenvalue weighted by Crippen LogP contribution is -2.29. The molecule has 2 atom stereocenters. The molecule has 1 aromatic heterocycles. The monoisotopic (exact) mass is 213 g/mol. The van der Waals surface area contributed by atoms with E-state index >= 15 is 0 Å². The first kappa shape index (κ1) is 13.7. The van der Waals surface area contributed by atoms with Crippen LogP contribution in [0.4, 0.5) is 0 Å². The minimum absolute atomic E-state index is 0.137. The number of hydrogen-bond acceptors (Lipinski definition) is 5. The second-order valence-corrected chi connectivity index (χ2v) is 2.74. The Morgan fingerprint density at radius 3 is 2.00 bits per heavy atom. The zero-order valence-electron chi connectivity index (χ0n) is 8.23. The summed E-state index contributed by atoms with van der Waals surface area (Å²) in [6.07, 6.45) is 1.52. The molecule has 2 unspecified atom stereocenters. The number of carbonyl (C=O) groups excluding carboxylic acids is 1. The van der Waals surface area contributed by atoms with E-state index in [4.69, 9.17) is 15.3 Å². The maximum atomic E-state index is 9.68. The van der Waals surface area contributed by atoms with E-state index in [1.165, 1.54) is 0 Å². The molecule has 0 aliphatic carbocycles. The van der Waals surface area contributed by atoms with Crippen molar-refractivity contribution in [2.45, 2.75) is 18.6 Å². The van der Waals surface area contributed by atoms with E-state index < -0.39 is 18.8 Å². The Bertz CT molecular complexity index is 216. The summed E-state index contributed by atoms with van der Waals surface area (Å²) in [4.78, 5) is 13.5. The molecule has 0 aliphatic heterocycles. The molecule has 0 spiro atoms. The van der Waals surface area contributed by atoms with Gasteiger partial charge in [0.2, 0.25) is 0 Å². The van der Waals surface area contributed by atoms with E-state index in [9.17, 15) is 4.79 Å². The van der Waals surface area contributed by atoms with Gasteiger partial charge in [0, 0.05) is 18.8 Å². The Morgan fingerprint density at radius 2 is 1.73 bits per heavy atom. The highest BCUT2D eigenvalue weighted by Crippen LogP contribution is 1.94. The van der Waals surface area contributed by atoms with Crippen LogP contribution in [0.25, 0.3) is 0 Å². The molecule has 84 valence electrons. The molecular weight excluding hydrogens is 198 g/mol. The van der Waals surface area contributed by atoms with E-state index in [0.29, 0.717) is 6.29 Å². The third-order valence-corrected chi connectivity index (χ3v) is 1.54. The first-order valence-electron chi connectivity index (χ1n) is 4.48. The summed E-state index contributed by atoms with van der Waals surface area (Å²) < 4.78 is 0. The van der Waals surface area contributed by atoms with Crippen molar-refractivity contribution in [1.82, 2.24) is 4.98 Å². The Balaban J connectivity index is 0.000000280. The number of aliphatic hydroxyl groups is 3. The molecule has 1 heterocycles. The fraction of sp³-hybridized carbons (Fsp3) is 0.400. The van der Waals surface area contributed by atoms with Gasteiger partial charge in [-0.3, -0.25) is 4.98 Å². The highest BCUT2D eigenvalue weighted by molar-refractivity contribution is 5.50. The number of rotatable bonds is 4. The van der Waals surface area contributed by atoms with Crippen LogP contribution < -0.4 is 0 Å². The fourth-order valence-corrected chi connectivity index (χ4v) is 0.690. The number of aldehydes is 1. The van der Waals surface area contributed by atoms with Crippen molar-refractivity contribution < 1.29 is 20.1 Å². The largest absolute Gasteiger partial charge is 0.394 e. The highest BCUT2D eigenvalue weighted by Gasteiger charge is 2.13. The standard InChI is InChI=1S/C5H5N.C5H10O4/c1-2-4-6-5-3-1;6-2-1-4(8)5(9)3-7/h1-5H;2,4-5,7-9H,1,3H2. The molecule has 1 rings (SSSR count). The van der Waals surface area contributed by atoms with E-state index in [2.05, 4.69) is 4.98 Å². The second-order valence-electron chi connectivity index (χ2n) is 2.74. The summed E-state index contributed by atoms with van der Waals surface area (Å²) in [6.45, 7) is -0.519. The van der Waals surface area contributed by atoms with Crippen molar-refractivity contribution in [1.29, 1.82) is 0 Å². The van der Waals surface area contributed by atoms with Gasteiger partial charge in [0.05, 0.1) is 12.7 Å². The summed E-state index contributed by atoms with van der Waals surface area (Å²) in [5.41, 5.74) is 0. The molecule has 0 radical (unpaired) electrons. The maximum Gasteiger partial charge on any atom is 0.122 e. The molecule has 5 nitrogen and oxygen atoms in total. The Kier molecular flexibility index (Phi) is 8.46. The number of hydrogen-bond donors (Lipinski definition) is 3. The topological polar surface area (TPSA) is 90.7 Å². The lowest BCUT2D eigenvalue weighted by Gasteiger charge is -2.11. The van der Waals surface area contributed by atoms with Crippen molar-refractivity contribution in [3.63, 3.8) is 0 Å². The van der Waals surface area contributed by atoms with Crippen molar-refractivity contribution >= 4 is 6.29 Å². The summed E-state index contributed by atoms with van der Waals surface area (Å²) >= 11 is 0. The second kappa shape index (κ2) is 9.26. The minimum Gasteiger partial charge on any atom is -0.394 e. The zero-order valence-corrected chi connectivity index (χ0v) is 8.23. The van der Waals surface area contributed by atoms with Crippen molar-refractivity contribution in [3.8, 4) is 0 Å². The van der Waals surface area contributed by atoms with E-state index in [0.717, 1.165) is 0 Å². The summed E-state index contributed by atoms with van der Waals surface area (Å²) in [6, 6.07) is 5.72. The SMILES string of the molecule is O=CCC(O)C(O)CO.c1ccncc1. The van der Waals surface area contributed by atoms with Crippen LogP contribution in [0.5, 0.6) is 0 Å². The van der Waals surface area contributed by atoms with Crippen molar-refractivity contribution in [2.24, 2.45) is 0 Å².